The third-order valence-corrected chi connectivity index (χ3v) is 3.80. The van der Waals surface area contributed by atoms with Gasteiger partial charge >= 0.3 is 6.03 Å². The number of ether oxygens (including phenoxy) is 1. The van der Waals surface area contributed by atoms with Crippen molar-refractivity contribution in [2.45, 2.75) is 19.4 Å². The standard InChI is InChI=1S/C18H21F2N3O2/c1-3-17(13-6-8-21-9-7-13)23(2)18(24)22-10-11-25-14-4-5-15(19)16(20)12-14/h4-9,12,17H,3,10-11H2,1-2H3,(H,22,24)/t17-/m0/s1. The average Bonchev–Trinajstić information content (AvgIpc) is 2.63. The van der Waals surface area contributed by atoms with Crippen LogP contribution in [0.4, 0.5) is 13.6 Å². The molecule has 0 unspecified atom stereocenters. The van der Waals surface area contributed by atoms with Crippen LogP contribution in [0.2, 0.25) is 0 Å². The van der Waals surface area contributed by atoms with E-state index in [1.807, 2.05) is 19.1 Å². The summed E-state index contributed by atoms with van der Waals surface area (Å²) in [6, 6.07) is 6.77. The lowest BCUT2D eigenvalue weighted by Gasteiger charge is -2.27. The van der Waals surface area contributed by atoms with Gasteiger partial charge in [-0.15, -0.1) is 0 Å². The largest absolute Gasteiger partial charge is 0.492 e. The molecule has 2 amide bonds. The summed E-state index contributed by atoms with van der Waals surface area (Å²) in [5, 5.41) is 2.74. The van der Waals surface area contributed by atoms with E-state index in [0.717, 1.165) is 24.1 Å². The highest BCUT2D eigenvalue weighted by molar-refractivity contribution is 5.74. The van der Waals surface area contributed by atoms with Crippen molar-refractivity contribution in [1.82, 2.24) is 15.2 Å². The number of carbonyl (C=O) groups is 1. The Morgan fingerprint density at radius 2 is 1.96 bits per heavy atom. The molecule has 0 radical (unpaired) electrons. The van der Waals surface area contributed by atoms with Crippen LogP contribution in [0.3, 0.4) is 0 Å². The number of nitrogens with zero attached hydrogens (tertiary/aromatic N) is 2. The van der Waals surface area contributed by atoms with Gasteiger partial charge in [0.25, 0.3) is 0 Å². The summed E-state index contributed by atoms with van der Waals surface area (Å²) in [5.41, 5.74) is 1.01. The van der Waals surface area contributed by atoms with E-state index in [-0.39, 0.29) is 31.0 Å². The molecular formula is C18H21F2N3O2. The molecule has 0 saturated carbocycles. The minimum Gasteiger partial charge on any atom is -0.492 e. The van der Waals surface area contributed by atoms with Gasteiger partial charge in [-0.2, -0.15) is 0 Å². The molecule has 1 aromatic carbocycles. The molecule has 134 valence electrons. The van der Waals surface area contributed by atoms with Crippen molar-refractivity contribution in [2.24, 2.45) is 0 Å². The van der Waals surface area contributed by atoms with Gasteiger partial charge in [-0.25, -0.2) is 13.6 Å². The first-order valence-corrected chi connectivity index (χ1v) is 8.01. The van der Waals surface area contributed by atoms with Crippen LogP contribution < -0.4 is 10.1 Å². The molecule has 2 aromatic rings. The first-order valence-electron chi connectivity index (χ1n) is 8.01. The maximum atomic E-state index is 13.1. The van der Waals surface area contributed by atoms with Crippen molar-refractivity contribution < 1.29 is 18.3 Å². The zero-order chi connectivity index (χ0) is 18.2. The minimum atomic E-state index is -0.968. The second-order valence-electron chi connectivity index (χ2n) is 5.47. The third-order valence-electron chi connectivity index (χ3n) is 3.80. The molecule has 0 aliphatic carbocycles. The fourth-order valence-corrected chi connectivity index (χ4v) is 2.48. The maximum absolute atomic E-state index is 13.1. The SMILES string of the molecule is CC[C@@H](c1ccncc1)N(C)C(=O)NCCOc1ccc(F)c(F)c1. The van der Waals surface area contributed by atoms with Crippen LogP contribution in [0, 0.1) is 11.6 Å². The van der Waals surface area contributed by atoms with E-state index in [4.69, 9.17) is 4.74 Å². The lowest BCUT2D eigenvalue weighted by Crippen LogP contribution is -2.41. The predicted molar refractivity (Wildman–Crippen MR) is 90.3 cm³/mol. The number of urea groups is 1. The molecule has 0 fully saturated rings. The molecule has 1 atom stereocenters. The number of amides is 2. The summed E-state index contributed by atoms with van der Waals surface area (Å²) in [5.74, 6) is -1.68. The fraction of sp³-hybridized carbons (Fsp3) is 0.333. The Bertz CT molecular complexity index is 698. The normalized spacial score (nSPS) is 11.7. The van der Waals surface area contributed by atoms with Crippen LogP contribution in [0.15, 0.2) is 42.7 Å². The molecule has 0 bridgehead atoms. The molecule has 1 N–H and O–H groups in total. The zero-order valence-corrected chi connectivity index (χ0v) is 14.2. The van der Waals surface area contributed by atoms with Gasteiger partial charge in [0.2, 0.25) is 0 Å². The van der Waals surface area contributed by atoms with Gasteiger partial charge in [-0.05, 0) is 36.2 Å². The highest BCUT2D eigenvalue weighted by Crippen LogP contribution is 2.22. The van der Waals surface area contributed by atoms with E-state index < -0.39 is 11.6 Å². The number of hydrogen-bond donors (Lipinski definition) is 1. The van der Waals surface area contributed by atoms with E-state index in [1.54, 1.807) is 24.3 Å². The van der Waals surface area contributed by atoms with Crippen molar-refractivity contribution in [3.05, 3.63) is 59.9 Å². The minimum absolute atomic E-state index is 0.0601. The van der Waals surface area contributed by atoms with E-state index in [0.29, 0.717) is 0 Å². The number of rotatable bonds is 7. The summed E-state index contributed by atoms with van der Waals surface area (Å²) in [6.07, 6.45) is 4.15. The van der Waals surface area contributed by atoms with Crippen LogP contribution in [-0.2, 0) is 0 Å². The second-order valence-corrected chi connectivity index (χ2v) is 5.47. The number of nitrogens with one attached hydrogen (secondary N) is 1. The van der Waals surface area contributed by atoms with Gasteiger partial charge in [-0.1, -0.05) is 6.92 Å². The zero-order valence-electron chi connectivity index (χ0n) is 14.2. The van der Waals surface area contributed by atoms with Gasteiger partial charge in [0.05, 0.1) is 12.6 Å². The van der Waals surface area contributed by atoms with Crippen LogP contribution in [0.1, 0.15) is 24.9 Å². The molecule has 5 nitrogen and oxygen atoms in total. The van der Waals surface area contributed by atoms with Crippen LogP contribution in [0.25, 0.3) is 0 Å². The summed E-state index contributed by atoms with van der Waals surface area (Å²) in [7, 11) is 1.72. The Morgan fingerprint density at radius 3 is 2.60 bits per heavy atom. The molecule has 0 spiro atoms. The lowest BCUT2D eigenvalue weighted by atomic mass is 10.1. The lowest BCUT2D eigenvalue weighted by molar-refractivity contribution is 0.186. The molecule has 1 heterocycles. The van der Waals surface area contributed by atoms with Crippen molar-refractivity contribution in [3.8, 4) is 5.75 Å². The highest BCUT2D eigenvalue weighted by Gasteiger charge is 2.19. The molecule has 2 rings (SSSR count). The van der Waals surface area contributed by atoms with Crippen LogP contribution >= 0.6 is 0 Å². The summed E-state index contributed by atoms with van der Waals surface area (Å²) < 4.78 is 31.2. The molecular weight excluding hydrogens is 328 g/mol. The van der Waals surface area contributed by atoms with Gasteiger partial charge in [0.15, 0.2) is 11.6 Å². The van der Waals surface area contributed by atoms with Gasteiger partial charge in [0.1, 0.15) is 12.4 Å². The monoisotopic (exact) mass is 349 g/mol. The van der Waals surface area contributed by atoms with Crippen molar-refractivity contribution in [2.75, 3.05) is 20.2 Å². The number of benzene rings is 1. The second kappa shape index (κ2) is 8.96. The number of carbonyl (C=O) groups excluding carboxylic acids is 1. The van der Waals surface area contributed by atoms with Crippen molar-refractivity contribution in [3.63, 3.8) is 0 Å². The first-order chi connectivity index (χ1) is 12.0. The molecule has 0 aliphatic heterocycles. The summed E-state index contributed by atoms with van der Waals surface area (Å²) >= 11 is 0. The van der Waals surface area contributed by atoms with Crippen LogP contribution in [0.5, 0.6) is 5.75 Å². The van der Waals surface area contributed by atoms with Crippen molar-refractivity contribution in [1.29, 1.82) is 0 Å². The predicted octanol–water partition coefficient (Wildman–Crippen LogP) is 3.53. The third kappa shape index (κ3) is 5.14. The summed E-state index contributed by atoms with van der Waals surface area (Å²) in [4.78, 5) is 17.9. The summed E-state index contributed by atoms with van der Waals surface area (Å²) in [6.45, 7) is 2.40. The molecule has 7 heteroatoms. The van der Waals surface area contributed by atoms with Gasteiger partial charge < -0.3 is 15.0 Å². The number of halogens is 2. The Kier molecular flexibility index (Phi) is 6.68. The molecule has 0 aliphatic rings. The first kappa shape index (κ1) is 18.6. The highest BCUT2D eigenvalue weighted by atomic mass is 19.2. The van der Waals surface area contributed by atoms with E-state index in [2.05, 4.69) is 10.3 Å². The molecule has 0 saturated heterocycles. The topological polar surface area (TPSA) is 54.5 Å². The van der Waals surface area contributed by atoms with Crippen molar-refractivity contribution >= 4 is 6.03 Å². The van der Waals surface area contributed by atoms with E-state index in [9.17, 15) is 13.6 Å². The van der Waals surface area contributed by atoms with Gasteiger partial charge in [-0.3, -0.25) is 4.98 Å². The average molecular weight is 349 g/mol. The van der Waals surface area contributed by atoms with E-state index in [1.165, 1.54) is 6.07 Å². The number of aromatic nitrogens is 1. The Hall–Kier alpha value is -2.70. The molecule has 25 heavy (non-hydrogen) atoms. The number of pyridine rings is 1. The maximum Gasteiger partial charge on any atom is 0.317 e. The Labute approximate surface area is 145 Å². The Balaban J connectivity index is 1.81. The quantitative estimate of drug-likeness (QED) is 0.778. The fourth-order valence-electron chi connectivity index (χ4n) is 2.48. The van der Waals surface area contributed by atoms with Crippen LogP contribution in [-0.4, -0.2) is 36.1 Å². The van der Waals surface area contributed by atoms with E-state index >= 15 is 0 Å². The number of hydrogen-bond acceptors (Lipinski definition) is 3. The molecule has 1 aromatic heterocycles. The Morgan fingerprint density at radius 1 is 1.24 bits per heavy atom. The smallest absolute Gasteiger partial charge is 0.317 e. The van der Waals surface area contributed by atoms with Gasteiger partial charge in [0, 0.05) is 25.5 Å².